The van der Waals surface area contributed by atoms with Crippen molar-refractivity contribution in [1.29, 1.82) is 0 Å². The fourth-order valence-corrected chi connectivity index (χ4v) is 3.89. The summed E-state index contributed by atoms with van der Waals surface area (Å²) in [7, 11) is 0. The minimum atomic E-state index is -0.344. The molecule has 2 amide bonds. The monoisotopic (exact) mass is 465 g/mol. The number of nitrogens with zero attached hydrogens (tertiary/aromatic N) is 1. The van der Waals surface area contributed by atoms with Crippen LogP contribution < -0.4 is 9.64 Å². The zero-order valence-corrected chi connectivity index (χ0v) is 17.9. The van der Waals surface area contributed by atoms with Crippen LogP contribution in [-0.4, -0.2) is 17.3 Å². The van der Waals surface area contributed by atoms with Crippen molar-refractivity contribution in [2.75, 3.05) is 4.90 Å². The Morgan fingerprint density at radius 1 is 1.22 bits per heavy atom. The lowest BCUT2D eigenvalue weighted by atomic mass is 10.2. The molecule has 2 aromatic rings. The molecule has 7 heteroatoms. The first kappa shape index (κ1) is 20.0. The van der Waals surface area contributed by atoms with Crippen LogP contribution in [0.3, 0.4) is 0 Å². The third kappa shape index (κ3) is 4.57. The third-order valence-corrected chi connectivity index (χ3v) is 5.78. The quantitative estimate of drug-likeness (QED) is 0.471. The third-order valence-electron chi connectivity index (χ3n) is 4.04. The van der Waals surface area contributed by atoms with Crippen molar-refractivity contribution in [3.8, 4) is 5.75 Å². The summed E-state index contributed by atoms with van der Waals surface area (Å²) in [6.07, 6.45) is 2.73. The van der Waals surface area contributed by atoms with E-state index in [4.69, 9.17) is 16.3 Å². The summed E-state index contributed by atoms with van der Waals surface area (Å²) in [4.78, 5) is 26.5. The summed E-state index contributed by atoms with van der Waals surface area (Å²) in [5.74, 6) is 0.402. The van der Waals surface area contributed by atoms with Gasteiger partial charge >= 0.3 is 0 Å². The number of hydrogen-bond donors (Lipinski definition) is 0. The number of hydrogen-bond acceptors (Lipinski definition) is 4. The molecule has 0 N–H and O–H groups in total. The summed E-state index contributed by atoms with van der Waals surface area (Å²) in [6.45, 7) is 4.07. The zero-order chi connectivity index (χ0) is 19.6. The van der Waals surface area contributed by atoms with E-state index in [1.54, 1.807) is 30.3 Å². The van der Waals surface area contributed by atoms with E-state index in [0.29, 0.717) is 15.6 Å². The Morgan fingerprint density at radius 3 is 2.56 bits per heavy atom. The number of anilines is 1. The van der Waals surface area contributed by atoms with Crippen molar-refractivity contribution in [2.24, 2.45) is 0 Å². The maximum atomic E-state index is 12.7. The van der Waals surface area contributed by atoms with Crippen LogP contribution in [0.1, 0.15) is 25.8 Å². The Kier molecular flexibility index (Phi) is 6.29. The molecule has 27 heavy (non-hydrogen) atoms. The van der Waals surface area contributed by atoms with Crippen LogP contribution in [0.5, 0.6) is 5.75 Å². The van der Waals surface area contributed by atoms with E-state index < -0.39 is 0 Å². The van der Waals surface area contributed by atoms with Crippen molar-refractivity contribution >= 4 is 62.2 Å². The van der Waals surface area contributed by atoms with Gasteiger partial charge in [0.1, 0.15) is 5.75 Å². The second-order valence-electron chi connectivity index (χ2n) is 6.02. The molecule has 0 unspecified atom stereocenters. The van der Waals surface area contributed by atoms with E-state index in [-0.39, 0.29) is 17.3 Å². The molecule has 0 radical (unpaired) electrons. The summed E-state index contributed by atoms with van der Waals surface area (Å²) in [6, 6.07) is 12.2. The maximum absolute atomic E-state index is 12.7. The predicted octanol–water partition coefficient (Wildman–Crippen LogP) is 6.52. The number of rotatable bonds is 5. The lowest BCUT2D eigenvalue weighted by Gasteiger charge is -2.14. The molecule has 140 valence electrons. The van der Waals surface area contributed by atoms with Crippen LogP contribution in [0.15, 0.2) is 51.8 Å². The number of ether oxygens (including phenoxy) is 1. The van der Waals surface area contributed by atoms with Gasteiger partial charge in [-0.1, -0.05) is 24.6 Å². The molecule has 0 bridgehead atoms. The number of amides is 2. The summed E-state index contributed by atoms with van der Waals surface area (Å²) >= 11 is 10.3. The van der Waals surface area contributed by atoms with Crippen LogP contribution in [0.25, 0.3) is 6.08 Å². The number of imide groups is 1. The van der Waals surface area contributed by atoms with Crippen LogP contribution in [-0.2, 0) is 4.79 Å². The van der Waals surface area contributed by atoms with E-state index >= 15 is 0 Å². The van der Waals surface area contributed by atoms with Crippen molar-refractivity contribution < 1.29 is 14.3 Å². The van der Waals surface area contributed by atoms with Gasteiger partial charge in [-0.05, 0) is 89.1 Å². The molecule has 1 atom stereocenters. The van der Waals surface area contributed by atoms with E-state index in [0.717, 1.165) is 38.9 Å². The van der Waals surface area contributed by atoms with Crippen molar-refractivity contribution in [1.82, 2.24) is 0 Å². The van der Waals surface area contributed by atoms with Crippen molar-refractivity contribution in [3.63, 3.8) is 0 Å². The van der Waals surface area contributed by atoms with Crippen molar-refractivity contribution in [2.45, 2.75) is 26.4 Å². The molecular formula is C20H17BrClNO3S. The molecule has 1 fully saturated rings. The number of halogens is 2. The van der Waals surface area contributed by atoms with Crippen LogP contribution in [0.4, 0.5) is 10.5 Å². The number of thioether (sulfide) groups is 1. The molecule has 4 nitrogen and oxygen atoms in total. The van der Waals surface area contributed by atoms with Gasteiger partial charge in [0.15, 0.2) is 0 Å². The average molecular weight is 467 g/mol. The highest BCUT2D eigenvalue weighted by molar-refractivity contribution is 9.10. The first-order chi connectivity index (χ1) is 12.9. The first-order valence-electron chi connectivity index (χ1n) is 8.38. The van der Waals surface area contributed by atoms with Gasteiger partial charge in [0.05, 0.1) is 21.2 Å². The number of benzene rings is 2. The Bertz CT molecular complexity index is 914. The molecule has 1 heterocycles. The summed E-state index contributed by atoms with van der Waals surface area (Å²) in [5, 5.41) is 0.218. The van der Waals surface area contributed by atoms with Crippen LogP contribution in [0, 0.1) is 0 Å². The van der Waals surface area contributed by atoms with E-state index in [9.17, 15) is 9.59 Å². The minimum absolute atomic E-state index is 0.114. The van der Waals surface area contributed by atoms with Gasteiger partial charge in [-0.2, -0.15) is 0 Å². The minimum Gasteiger partial charge on any atom is -0.490 e. The predicted molar refractivity (Wildman–Crippen MR) is 114 cm³/mol. The van der Waals surface area contributed by atoms with Gasteiger partial charge in [-0.25, -0.2) is 4.90 Å². The molecule has 1 saturated heterocycles. The standard InChI is InChI=1S/C20H17BrClNO3S/c1-3-12(2)26-17-9-4-13(10-16(17)21)11-18-19(24)23(20(25)27-18)15-7-5-14(22)6-8-15/h4-12H,3H2,1-2H3/b18-11+/t12-/m0/s1. The highest BCUT2D eigenvalue weighted by Gasteiger charge is 2.36. The van der Waals surface area contributed by atoms with Gasteiger partial charge in [-0.15, -0.1) is 0 Å². The molecule has 2 aromatic carbocycles. The molecular weight excluding hydrogens is 450 g/mol. The molecule has 0 aromatic heterocycles. The Morgan fingerprint density at radius 2 is 1.93 bits per heavy atom. The molecule has 1 aliphatic heterocycles. The summed E-state index contributed by atoms with van der Waals surface area (Å²) in [5.41, 5.74) is 1.31. The lowest BCUT2D eigenvalue weighted by molar-refractivity contribution is -0.113. The normalized spacial score (nSPS) is 16.9. The van der Waals surface area contributed by atoms with Crippen LogP contribution >= 0.6 is 39.3 Å². The fraction of sp³-hybridized carbons (Fsp3) is 0.200. The maximum Gasteiger partial charge on any atom is 0.298 e. The Labute approximate surface area is 175 Å². The van der Waals surface area contributed by atoms with E-state index in [2.05, 4.69) is 22.9 Å². The highest BCUT2D eigenvalue weighted by atomic mass is 79.9. The SMILES string of the molecule is CC[C@H](C)Oc1ccc(/C=C2/SC(=O)N(c3ccc(Cl)cc3)C2=O)cc1Br. The Balaban J connectivity index is 1.83. The molecule has 0 saturated carbocycles. The van der Waals surface area contributed by atoms with Gasteiger partial charge in [0, 0.05) is 5.02 Å². The second-order valence-corrected chi connectivity index (χ2v) is 8.30. The zero-order valence-electron chi connectivity index (χ0n) is 14.7. The molecule has 3 rings (SSSR count). The molecule has 0 spiro atoms. The van der Waals surface area contributed by atoms with Gasteiger partial charge < -0.3 is 4.74 Å². The average Bonchev–Trinajstić information content (AvgIpc) is 2.91. The first-order valence-corrected chi connectivity index (χ1v) is 10.4. The van der Waals surface area contributed by atoms with E-state index in [1.807, 2.05) is 25.1 Å². The molecule has 1 aliphatic rings. The van der Waals surface area contributed by atoms with E-state index in [1.165, 1.54) is 0 Å². The summed E-state index contributed by atoms with van der Waals surface area (Å²) < 4.78 is 6.63. The van der Waals surface area contributed by atoms with Crippen molar-refractivity contribution in [3.05, 3.63) is 62.4 Å². The number of carbonyl (C=O) groups excluding carboxylic acids is 2. The molecule has 0 aliphatic carbocycles. The largest absolute Gasteiger partial charge is 0.490 e. The lowest BCUT2D eigenvalue weighted by Crippen LogP contribution is -2.27. The van der Waals surface area contributed by atoms with Crippen LogP contribution in [0.2, 0.25) is 5.02 Å². The van der Waals surface area contributed by atoms with Gasteiger partial charge in [0.2, 0.25) is 0 Å². The second kappa shape index (κ2) is 8.50. The van der Waals surface area contributed by atoms with Gasteiger partial charge in [-0.3, -0.25) is 9.59 Å². The number of carbonyl (C=O) groups is 2. The fourth-order valence-electron chi connectivity index (χ4n) is 2.43. The highest BCUT2D eigenvalue weighted by Crippen LogP contribution is 2.37. The topological polar surface area (TPSA) is 46.6 Å². The van der Waals surface area contributed by atoms with Gasteiger partial charge in [0.25, 0.3) is 11.1 Å². The Hall–Kier alpha value is -1.76. The smallest absolute Gasteiger partial charge is 0.298 e.